The van der Waals surface area contributed by atoms with E-state index >= 15 is 0 Å². The van der Waals surface area contributed by atoms with Crippen molar-refractivity contribution in [1.82, 2.24) is 4.98 Å². The first-order valence-corrected chi connectivity index (χ1v) is 6.08. The Morgan fingerprint density at radius 1 is 1.26 bits per heavy atom. The van der Waals surface area contributed by atoms with Crippen molar-refractivity contribution in [2.24, 2.45) is 0 Å². The van der Waals surface area contributed by atoms with Gasteiger partial charge in [0.25, 0.3) is 0 Å². The van der Waals surface area contributed by atoms with Gasteiger partial charge in [0.2, 0.25) is 0 Å². The van der Waals surface area contributed by atoms with Gasteiger partial charge in [0, 0.05) is 6.20 Å². The largest absolute Gasteiger partial charge is 0.486 e. The number of halogens is 2. The summed E-state index contributed by atoms with van der Waals surface area (Å²) in [7, 11) is 0. The van der Waals surface area contributed by atoms with Crippen LogP contribution in [-0.4, -0.2) is 16.1 Å². The smallest absolute Gasteiger partial charge is 0.337 e. The van der Waals surface area contributed by atoms with Gasteiger partial charge in [-0.15, -0.1) is 0 Å². The minimum absolute atomic E-state index is 0.129. The van der Waals surface area contributed by atoms with Crippen LogP contribution in [0.1, 0.15) is 16.1 Å². The number of carbonyl (C=O) groups is 1. The number of aromatic carboxylic acids is 1. The number of rotatable bonds is 4. The maximum Gasteiger partial charge on any atom is 0.337 e. The van der Waals surface area contributed by atoms with E-state index < -0.39 is 5.97 Å². The third kappa shape index (κ3) is 3.36. The van der Waals surface area contributed by atoms with E-state index in [0.717, 1.165) is 0 Å². The number of hydrogen-bond acceptors (Lipinski definition) is 3. The van der Waals surface area contributed by atoms with Crippen LogP contribution in [0.25, 0.3) is 0 Å². The molecule has 1 aromatic heterocycles. The lowest BCUT2D eigenvalue weighted by Gasteiger charge is -2.08. The van der Waals surface area contributed by atoms with Crippen molar-refractivity contribution in [3.05, 3.63) is 57.8 Å². The highest BCUT2D eigenvalue weighted by molar-refractivity contribution is 6.42. The molecule has 0 saturated carbocycles. The third-order valence-electron chi connectivity index (χ3n) is 2.36. The first-order chi connectivity index (χ1) is 9.08. The second kappa shape index (κ2) is 5.91. The van der Waals surface area contributed by atoms with Crippen molar-refractivity contribution in [2.75, 3.05) is 0 Å². The lowest BCUT2D eigenvalue weighted by molar-refractivity contribution is 0.0696. The van der Waals surface area contributed by atoms with Crippen LogP contribution in [0.3, 0.4) is 0 Å². The molecule has 0 unspecified atom stereocenters. The van der Waals surface area contributed by atoms with Gasteiger partial charge in [-0.05, 0) is 24.3 Å². The van der Waals surface area contributed by atoms with Gasteiger partial charge >= 0.3 is 5.97 Å². The predicted molar refractivity (Wildman–Crippen MR) is 72.0 cm³/mol. The summed E-state index contributed by atoms with van der Waals surface area (Å²) in [6.45, 7) is 0.181. The SMILES string of the molecule is O=C(O)c1ccc(COc2cccc(Cl)c2Cl)nc1. The fraction of sp³-hybridized carbons (Fsp3) is 0.0769. The predicted octanol–water partition coefficient (Wildman–Crippen LogP) is 3.67. The quantitative estimate of drug-likeness (QED) is 0.935. The molecule has 19 heavy (non-hydrogen) atoms. The Bertz CT molecular complexity index is 599. The molecule has 1 N–H and O–H groups in total. The van der Waals surface area contributed by atoms with Crippen molar-refractivity contribution < 1.29 is 14.6 Å². The Morgan fingerprint density at radius 3 is 2.68 bits per heavy atom. The lowest BCUT2D eigenvalue weighted by atomic mass is 10.2. The van der Waals surface area contributed by atoms with Crippen LogP contribution in [0.2, 0.25) is 10.0 Å². The van der Waals surface area contributed by atoms with E-state index in [2.05, 4.69) is 4.98 Å². The molecule has 0 atom stereocenters. The number of carboxylic acid groups (broad SMARTS) is 1. The van der Waals surface area contributed by atoms with Crippen molar-refractivity contribution in [3.63, 3.8) is 0 Å². The standard InChI is InChI=1S/C13H9Cl2NO3/c14-10-2-1-3-11(12(10)15)19-7-9-5-4-8(6-16-9)13(17)18/h1-6H,7H2,(H,17,18). The Balaban J connectivity index is 2.06. The zero-order valence-corrected chi connectivity index (χ0v) is 11.1. The molecule has 0 aliphatic rings. The average Bonchev–Trinajstić information content (AvgIpc) is 2.41. The van der Waals surface area contributed by atoms with Gasteiger partial charge in [-0.25, -0.2) is 4.79 Å². The Hall–Kier alpha value is -1.78. The maximum absolute atomic E-state index is 10.7. The molecule has 2 rings (SSSR count). The highest BCUT2D eigenvalue weighted by atomic mass is 35.5. The van der Waals surface area contributed by atoms with E-state index in [0.29, 0.717) is 21.5 Å². The number of carboxylic acids is 1. The summed E-state index contributed by atoms with van der Waals surface area (Å²) in [5, 5.41) is 9.50. The first-order valence-electron chi connectivity index (χ1n) is 5.33. The van der Waals surface area contributed by atoms with Crippen LogP contribution in [0.15, 0.2) is 36.5 Å². The van der Waals surface area contributed by atoms with Crippen LogP contribution >= 0.6 is 23.2 Å². The van der Waals surface area contributed by atoms with E-state index in [4.69, 9.17) is 33.0 Å². The molecule has 98 valence electrons. The van der Waals surface area contributed by atoms with Gasteiger partial charge in [0.05, 0.1) is 16.3 Å². The van der Waals surface area contributed by atoms with Crippen molar-refractivity contribution in [3.8, 4) is 5.75 Å². The monoisotopic (exact) mass is 297 g/mol. The van der Waals surface area contributed by atoms with Crippen molar-refractivity contribution in [2.45, 2.75) is 6.61 Å². The van der Waals surface area contributed by atoms with Crippen molar-refractivity contribution >= 4 is 29.2 Å². The Kier molecular flexibility index (Phi) is 4.24. The second-order valence-electron chi connectivity index (χ2n) is 3.68. The highest BCUT2D eigenvalue weighted by Gasteiger charge is 2.07. The normalized spacial score (nSPS) is 10.2. The molecule has 0 saturated heterocycles. The first kappa shape index (κ1) is 13.6. The third-order valence-corrected chi connectivity index (χ3v) is 3.16. The molecule has 1 aromatic carbocycles. The van der Waals surface area contributed by atoms with Crippen LogP contribution < -0.4 is 4.74 Å². The molecule has 0 bridgehead atoms. The summed E-state index contributed by atoms with van der Waals surface area (Å²) in [6, 6.07) is 8.14. The molecule has 0 amide bonds. The van der Waals surface area contributed by atoms with Crippen LogP contribution in [-0.2, 0) is 6.61 Å². The van der Waals surface area contributed by atoms with Crippen LogP contribution in [0, 0.1) is 0 Å². The average molecular weight is 298 g/mol. The number of pyridine rings is 1. The van der Waals surface area contributed by atoms with E-state index in [1.54, 1.807) is 24.3 Å². The van der Waals surface area contributed by atoms with Crippen LogP contribution in [0.5, 0.6) is 5.75 Å². The molecule has 1 heterocycles. The second-order valence-corrected chi connectivity index (χ2v) is 4.47. The molecular formula is C13H9Cl2NO3. The number of ether oxygens (including phenoxy) is 1. The summed E-state index contributed by atoms with van der Waals surface area (Å²) < 4.78 is 5.48. The molecule has 0 spiro atoms. The van der Waals surface area contributed by atoms with E-state index in [9.17, 15) is 4.79 Å². The van der Waals surface area contributed by atoms with Crippen LogP contribution in [0.4, 0.5) is 0 Å². The lowest BCUT2D eigenvalue weighted by Crippen LogP contribution is -2.02. The number of benzene rings is 1. The minimum Gasteiger partial charge on any atom is -0.486 e. The van der Waals surface area contributed by atoms with E-state index in [1.165, 1.54) is 12.3 Å². The van der Waals surface area contributed by atoms with Gasteiger partial charge in [0.15, 0.2) is 0 Å². The van der Waals surface area contributed by atoms with Gasteiger partial charge in [0.1, 0.15) is 17.4 Å². The topological polar surface area (TPSA) is 59.4 Å². The highest BCUT2D eigenvalue weighted by Crippen LogP contribution is 2.31. The number of nitrogens with zero attached hydrogens (tertiary/aromatic N) is 1. The molecule has 6 heteroatoms. The molecule has 0 aliphatic heterocycles. The molecule has 0 aliphatic carbocycles. The molecule has 4 nitrogen and oxygen atoms in total. The number of hydrogen-bond donors (Lipinski definition) is 1. The number of aromatic nitrogens is 1. The van der Waals surface area contributed by atoms with Gasteiger partial charge in [-0.3, -0.25) is 4.98 Å². The van der Waals surface area contributed by atoms with Crippen molar-refractivity contribution in [1.29, 1.82) is 0 Å². The molecule has 2 aromatic rings. The molecular weight excluding hydrogens is 289 g/mol. The van der Waals surface area contributed by atoms with Gasteiger partial charge < -0.3 is 9.84 Å². The molecule has 0 radical (unpaired) electrons. The zero-order chi connectivity index (χ0) is 13.8. The fourth-order valence-corrected chi connectivity index (χ4v) is 1.73. The zero-order valence-electron chi connectivity index (χ0n) is 9.64. The Morgan fingerprint density at radius 2 is 2.05 bits per heavy atom. The summed E-state index contributed by atoms with van der Waals surface area (Å²) in [5.41, 5.74) is 0.727. The van der Waals surface area contributed by atoms with Gasteiger partial charge in [-0.1, -0.05) is 29.3 Å². The molecule has 0 fully saturated rings. The maximum atomic E-state index is 10.7. The minimum atomic E-state index is -1.02. The van der Waals surface area contributed by atoms with Gasteiger partial charge in [-0.2, -0.15) is 0 Å². The summed E-state index contributed by atoms with van der Waals surface area (Å²) in [6.07, 6.45) is 1.28. The Labute approximate surface area is 119 Å². The van der Waals surface area contributed by atoms with E-state index in [-0.39, 0.29) is 12.2 Å². The summed E-state index contributed by atoms with van der Waals surface area (Å²) in [4.78, 5) is 14.7. The fourth-order valence-electron chi connectivity index (χ4n) is 1.38. The van der Waals surface area contributed by atoms with E-state index in [1.807, 2.05) is 0 Å². The summed E-state index contributed by atoms with van der Waals surface area (Å²) >= 11 is 11.8. The summed E-state index contributed by atoms with van der Waals surface area (Å²) in [5.74, 6) is -0.559.